The molecule has 1 aromatic heterocycles. The summed E-state index contributed by atoms with van der Waals surface area (Å²) in [7, 11) is 0. The molecule has 3 heteroatoms. The van der Waals surface area contributed by atoms with E-state index in [-0.39, 0.29) is 6.04 Å². The lowest BCUT2D eigenvalue weighted by Gasteiger charge is -2.27. The predicted molar refractivity (Wildman–Crippen MR) is 55.7 cm³/mol. The minimum Gasteiger partial charge on any atom is -0.323 e. The molecule has 0 aliphatic heterocycles. The highest BCUT2D eigenvalue weighted by molar-refractivity contribution is 7.09. The van der Waals surface area contributed by atoms with Crippen molar-refractivity contribution in [1.29, 1.82) is 0 Å². The summed E-state index contributed by atoms with van der Waals surface area (Å²) in [4.78, 5) is 5.51. The minimum absolute atomic E-state index is 0.234. The van der Waals surface area contributed by atoms with Crippen molar-refractivity contribution in [3.8, 4) is 0 Å². The second kappa shape index (κ2) is 3.76. The Labute approximate surface area is 83.2 Å². The van der Waals surface area contributed by atoms with Crippen LogP contribution in [-0.2, 0) is 0 Å². The smallest absolute Gasteiger partial charge is 0.0798 e. The lowest BCUT2D eigenvalue weighted by atomic mass is 9.81. The molecule has 1 aliphatic carbocycles. The van der Waals surface area contributed by atoms with E-state index in [1.54, 1.807) is 11.3 Å². The highest BCUT2D eigenvalue weighted by Gasteiger charge is 2.22. The average Bonchev–Trinajstić information content (AvgIpc) is 2.43. The number of aryl methyl sites for hydroxylation is 1. The van der Waals surface area contributed by atoms with Gasteiger partial charge in [-0.1, -0.05) is 19.3 Å². The fourth-order valence-corrected chi connectivity index (χ4v) is 2.68. The van der Waals surface area contributed by atoms with E-state index in [4.69, 9.17) is 5.73 Å². The second-order valence-corrected chi connectivity index (χ2v) is 4.83. The van der Waals surface area contributed by atoms with Gasteiger partial charge in [0.1, 0.15) is 0 Å². The summed E-state index contributed by atoms with van der Waals surface area (Å²) in [5, 5.41) is 0. The normalized spacial score (nSPS) is 19.8. The largest absolute Gasteiger partial charge is 0.323 e. The van der Waals surface area contributed by atoms with Crippen molar-refractivity contribution in [3.63, 3.8) is 0 Å². The van der Waals surface area contributed by atoms with Gasteiger partial charge in [-0.2, -0.15) is 0 Å². The van der Waals surface area contributed by atoms with Crippen molar-refractivity contribution in [2.45, 2.75) is 38.6 Å². The molecule has 0 bridgehead atoms. The molecule has 0 radical (unpaired) electrons. The first-order valence-electron chi connectivity index (χ1n) is 4.93. The maximum absolute atomic E-state index is 6.12. The minimum atomic E-state index is 0.234. The fraction of sp³-hybridized carbons (Fsp3) is 0.700. The van der Waals surface area contributed by atoms with Crippen LogP contribution in [0, 0.1) is 12.8 Å². The molecule has 1 atom stereocenters. The van der Waals surface area contributed by atoms with Crippen LogP contribution in [0.5, 0.6) is 0 Å². The molecule has 1 fully saturated rings. The molecular formula is C10H16N2S. The first-order valence-corrected chi connectivity index (χ1v) is 5.81. The lowest BCUT2D eigenvalue weighted by Crippen LogP contribution is -2.19. The van der Waals surface area contributed by atoms with Crippen molar-refractivity contribution >= 4 is 11.3 Å². The molecule has 0 aromatic carbocycles. The van der Waals surface area contributed by atoms with Gasteiger partial charge < -0.3 is 5.73 Å². The third kappa shape index (κ3) is 1.92. The quantitative estimate of drug-likeness (QED) is 0.807. The number of hydrogen-bond donors (Lipinski definition) is 1. The first kappa shape index (κ1) is 9.16. The van der Waals surface area contributed by atoms with Crippen LogP contribution >= 0.6 is 11.3 Å². The van der Waals surface area contributed by atoms with E-state index in [1.165, 1.54) is 24.1 Å². The predicted octanol–water partition coefficient (Wildman–Crippen LogP) is 2.64. The molecule has 2 nitrogen and oxygen atoms in total. The Bertz CT molecular complexity index is 278. The van der Waals surface area contributed by atoms with Crippen LogP contribution in [0.15, 0.2) is 5.51 Å². The number of aromatic nitrogens is 1. The summed E-state index contributed by atoms with van der Waals surface area (Å²) < 4.78 is 0. The molecular weight excluding hydrogens is 180 g/mol. The Kier molecular flexibility index (Phi) is 2.65. The average molecular weight is 196 g/mol. The van der Waals surface area contributed by atoms with Crippen LogP contribution in [0.3, 0.4) is 0 Å². The van der Waals surface area contributed by atoms with Gasteiger partial charge in [-0.25, -0.2) is 4.98 Å². The van der Waals surface area contributed by atoms with Gasteiger partial charge in [0.05, 0.1) is 11.2 Å². The Morgan fingerprint density at radius 1 is 1.69 bits per heavy atom. The van der Waals surface area contributed by atoms with E-state index < -0.39 is 0 Å². The van der Waals surface area contributed by atoms with Gasteiger partial charge in [0.15, 0.2) is 0 Å². The van der Waals surface area contributed by atoms with Crippen molar-refractivity contribution in [3.05, 3.63) is 16.1 Å². The fourth-order valence-electron chi connectivity index (χ4n) is 1.86. The number of thiazole rings is 1. The molecule has 1 saturated carbocycles. The zero-order valence-corrected chi connectivity index (χ0v) is 8.81. The van der Waals surface area contributed by atoms with Crippen molar-refractivity contribution in [2.75, 3.05) is 0 Å². The van der Waals surface area contributed by atoms with Gasteiger partial charge in [0.2, 0.25) is 0 Å². The summed E-state index contributed by atoms with van der Waals surface area (Å²) in [6.07, 6.45) is 5.32. The van der Waals surface area contributed by atoms with Crippen LogP contribution in [0.25, 0.3) is 0 Å². The van der Waals surface area contributed by atoms with Crippen LogP contribution in [0.2, 0.25) is 0 Å². The van der Waals surface area contributed by atoms with Gasteiger partial charge in [0, 0.05) is 10.9 Å². The topological polar surface area (TPSA) is 38.9 Å². The van der Waals surface area contributed by atoms with E-state index in [0.29, 0.717) is 0 Å². The SMILES string of the molecule is Cc1ncsc1C(N)CC1CCC1. The maximum atomic E-state index is 6.12. The molecule has 1 unspecified atom stereocenters. The van der Waals surface area contributed by atoms with Crippen molar-refractivity contribution in [1.82, 2.24) is 4.98 Å². The molecule has 0 spiro atoms. The standard InChI is InChI=1S/C10H16N2S/c1-7-10(13-6-12-7)9(11)5-8-3-2-4-8/h6,8-9H,2-5,11H2,1H3. The summed E-state index contributed by atoms with van der Waals surface area (Å²) in [5.74, 6) is 0.886. The Morgan fingerprint density at radius 3 is 2.92 bits per heavy atom. The summed E-state index contributed by atoms with van der Waals surface area (Å²) in [5.41, 5.74) is 9.14. The van der Waals surface area contributed by atoms with Gasteiger partial charge >= 0.3 is 0 Å². The molecule has 1 aromatic rings. The van der Waals surface area contributed by atoms with Crippen LogP contribution < -0.4 is 5.73 Å². The zero-order valence-electron chi connectivity index (χ0n) is 7.99. The van der Waals surface area contributed by atoms with Gasteiger partial charge in [-0.15, -0.1) is 11.3 Å². The number of nitrogens with zero attached hydrogens (tertiary/aromatic N) is 1. The Balaban J connectivity index is 1.96. The number of rotatable bonds is 3. The van der Waals surface area contributed by atoms with Crippen molar-refractivity contribution < 1.29 is 0 Å². The third-order valence-electron chi connectivity index (χ3n) is 2.93. The summed E-state index contributed by atoms with van der Waals surface area (Å²) in [6, 6.07) is 0.234. The Morgan fingerprint density at radius 2 is 2.46 bits per heavy atom. The lowest BCUT2D eigenvalue weighted by molar-refractivity contribution is 0.278. The molecule has 0 amide bonds. The van der Waals surface area contributed by atoms with Crippen LogP contribution in [-0.4, -0.2) is 4.98 Å². The highest BCUT2D eigenvalue weighted by Crippen LogP contribution is 2.35. The van der Waals surface area contributed by atoms with E-state index >= 15 is 0 Å². The van der Waals surface area contributed by atoms with E-state index in [9.17, 15) is 0 Å². The Hall–Kier alpha value is -0.410. The molecule has 2 rings (SSSR count). The monoisotopic (exact) mass is 196 g/mol. The van der Waals surface area contributed by atoms with Gasteiger partial charge in [-0.3, -0.25) is 0 Å². The number of hydrogen-bond acceptors (Lipinski definition) is 3. The molecule has 0 saturated heterocycles. The zero-order chi connectivity index (χ0) is 9.26. The molecule has 2 N–H and O–H groups in total. The van der Waals surface area contributed by atoms with E-state index in [1.807, 2.05) is 12.4 Å². The molecule has 72 valence electrons. The second-order valence-electron chi connectivity index (χ2n) is 3.94. The highest BCUT2D eigenvalue weighted by atomic mass is 32.1. The summed E-state index contributed by atoms with van der Waals surface area (Å²) >= 11 is 1.70. The molecule has 13 heavy (non-hydrogen) atoms. The molecule has 1 aliphatic rings. The van der Waals surface area contributed by atoms with Gasteiger partial charge in [0.25, 0.3) is 0 Å². The third-order valence-corrected chi connectivity index (χ3v) is 3.99. The first-order chi connectivity index (χ1) is 6.27. The maximum Gasteiger partial charge on any atom is 0.0798 e. The molecule has 1 heterocycles. The van der Waals surface area contributed by atoms with Crippen LogP contribution in [0.4, 0.5) is 0 Å². The van der Waals surface area contributed by atoms with E-state index in [0.717, 1.165) is 18.0 Å². The van der Waals surface area contributed by atoms with E-state index in [2.05, 4.69) is 4.98 Å². The summed E-state index contributed by atoms with van der Waals surface area (Å²) in [6.45, 7) is 2.05. The van der Waals surface area contributed by atoms with Crippen LogP contribution in [0.1, 0.15) is 42.3 Å². The number of nitrogens with two attached hydrogens (primary N) is 1. The van der Waals surface area contributed by atoms with Gasteiger partial charge in [-0.05, 0) is 19.3 Å². The van der Waals surface area contributed by atoms with Crippen molar-refractivity contribution in [2.24, 2.45) is 11.7 Å².